The van der Waals surface area contributed by atoms with Crippen LogP contribution in [0.4, 0.5) is 0 Å². The van der Waals surface area contributed by atoms with Gasteiger partial charge in [0.25, 0.3) is 5.91 Å². The molecule has 5 heteroatoms. The quantitative estimate of drug-likeness (QED) is 0.922. The summed E-state index contributed by atoms with van der Waals surface area (Å²) in [7, 11) is 0. The van der Waals surface area contributed by atoms with E-state index in [2.05, 4.69) is 16.3 Å². The van der Waals surface area contributed by atoms with Crippen molar-refractivity contribution in [2.45, 2.75) is 18.9 Å². The van der Waals surface area contributed by atoms with E-state index >= 15 is 0 Å². The van der Waals surface area contributed by atoms with Crippen molar-refractivity contribution in [3.8, 4) is 17.6 Å². The molecule has 1 N–H and O–H groups in total. The largest absolute Gasteiger partial charge is 0.457 e. The van der Waals surface area contributed by atoms with Gasteiger partial charge in [-0.3, -0.25) is 4.79 Å². The van der Waals surface area contributed by atoms with Crippen LogP contribution in [0.3, 0.4) is 0 Å². The van der Waals surface area contributed by atoms with Crippen molar-refractivity contribution in [2.75, 3.05) is 19.6 Å². The smallest absolute Gasteiger partial charge is 0.251 e. The first-order valence-electron chi connectivity index (χ1n) is 9.02. The number of carbonyl (C=O) groups is 1. The van der Waals surface area contributed by atoms with Crippen LogP contribution in [0.25, 0.3) is 0 Å². The second kappa shape index (κ2) is 7.19. The number of hydrogen-bond acceptors (Lipinski definition) is 4. The van der Waals surface area contributed by atoms with Crippen LogP contribution in [-0.4, -0.2) is 36.5 Å². The van der Waals surface area contributed by atoms with Gasteiger partial charge in [-0.1, -0.05) is 0 Å². The zero-order chi connectivity index (χ0) is 17.9. The summed E-state index contributed by atoms with van der Waals surface area (Å²) in [6.07, 6.45) is 2.37. The van der Waals surface area contributed by atoms with Gasteiger partial charge in [-0.15, -0.1) is 0 Å². The van der Waals surface area contributed by atoms with Gasteiger partial charge in [-0.2, -0.15) is 5.26 Å². The molecule has 2 bridgehead atoms. The maximum atomic E-state index is 12.5. The average molecular weight is 347 g/mol. The maximum absolute atomic E-state index is 12.5. The summed E-state index contributed by atoms with van der Waals surface area (Å²) in [5.41, 5.74) is 1.24. The van der Waals surface area contributed by atoms with Gasteiger partial charge >= 0.3 is 0 Å². The Morgan fingerprint density at radius 2 is 1.65 bits per heavy atom. The molecule has 5 rings (SSSR count). The molecule has 2 aromatic rings. The standard InChI is InChI=1S/C21H21N3O2/c22-13-15-1-5-18(6-2-15)26-19-7-3-17(4-8-19)21(25)23-20-14-24-11-9-16(20)10-12-24/h1-8,16,20H,9-12,14H2,(H,23,25). The van der Waals surface area contributed by atoms with Gasteiger partial charge < -0.3 is 15.0 Å². The fraction of sp³-hybridized carbons (Fsp3) is 0.333. The van der Waals surface area contributed by atoms with Crippen LogP contribution in [0.1, 0.15) is 28.8 Å². The first-order valence-corrected chi connectivity index (χ1v) is 9.02. The monoisotopic (exact) mass is 347 g/mol. The van der Waals surface area contributed by atoms with E-state index in [1.807, 2.05) is 0 Å². The van der Waals surface area contributed by atoms with Gasteiger partial charge in [0.2, 0.25) is 0 Å². The van der Waals surface area contributed by atoms with E-state index in [0.29, 0.717) is 28.5 Å². The van der Waals surface area contributed by atoms with E-state index < -0.39 is 0 Å². The first kappa shape index (κ1) is 16.6. The van der Waals surface area contributed by atoms with Gasteiger partial charge in [0, 0.05) is 18.2 Å². The molecule has 3 aliphatic rings. The van der Waals surface area contributed by atoms with Crippen molar-refractivity contribution < 1.29 is 9.53 Å². The van der Waals surface area contributed by atoms with Crippen molar-refractivity contribution in [2.24, 2.45) is 5.92 Å². The molecule has 2 aromatic carbocycles. The number of nitriles is 1. The molecule has 3 saturated heterocycles. The highest BCUT2D eigenvalue weighted by molar-refractivity contribution is 5.94. The van der Waals surface area contributed by atoms with Gasteiger partial charge in [-0.25, -0.2) is 0 Å². The summed E-state index contributed by atoms with van der Waals surface area (Å²) >= 11 is 0. The van der Waals surface area contributed by atoms with Crippen LogP contribution in [0.2, 0.25) is 0 Å². The highest BCUT2D eigenvalue weighted by Gasteiger charge is 2.34. The van der Waals surface area contributed by atoms with Crippen LogP contribution in [0.15, 0.2) is 48.5 Å². The topological polar surface area (TPSA) is 65.4 Å². The number of ether oxygens (including phenoxy) is 1. The molecular weight excluding hydrogens is 326 g/mol. The normalized spacial score (nSPS) is 23.9. The molecule has 3 aliphatic heterocycles. The Morgan fingerprint density at radius 3 is 2.19 bits per heavy atom. The minimum atomic E-state index is -0.0197. The van der Waals surface area contributed by atoms with E-state index in [-0.39, 0.29) is 11.9 Å². The number of benzene rings is 2. The van der Waals surface area contributed by atoms with Crippen LogP contribution in [-0.2, 0) is 0 Å². The molecule has 3 fully saturated rings. The molecule has 0 spiro atoms. The van der Waals surface area contributed by atoms with E-state index in [1.165, 1.54) is 25.9 Å². The number of piperidine rings is 3. The molecule has 3 heterocycles. The number of amides is 1. The molecule has 26 heavy (non-hydrogen) atoms. The number of nitrogens with zero attached hydrogens (tertiary/aromatic N) is 2. The fourth-order valence-electron chi connectivity index (χ4n) is 3.79. The van der Waals surface area contributed by atoms with Gasteiger partial charge in [0.05, 0.1) is 11.6 Å². The summed E-state index contributed by atoms with van der Waals surface area (Å²) in [6, 6.07) is 16.4. The summed E-state index contributed by atoms with van der Waals surface area (Å²) in [4.78, 5) is 15.0. The second-order valence-corrected chi connectivity index (χ2v) is 6.98. The van der Waals surface area contributed by atoms with Crippen LogP contribution in [0.5, 0.6) is 11.5 Å². The Bertz CT molecular complexity index is 816. The van der Waals surface area contributed by atoms with Crippen molar-refractivity contribution >= 4 is 5.91 Å². The lowest BCUT2D eigenvalue weighted by atomic mass is 9.84. The third kappa shape index (κ3) is 3.56. The second-order valence-electron chi connectivity index (χ2n) is 6.98. The lowest BCUT2D eigenvalue weighted by molar-refractivity contribution is 0.0620. The third-order valence-electron chi connectivity index (χ3n) is 5.31. The SMILES string of the molecule is N#Cc1ccc(Oc2ccc(C(=O)NC3CN4CCC3CC4)cc2)cc1. The molecule has 0 saturated carbocycles. The zero-order valence-electron chi connectivity index (χ0n) is 14.5. The Morgan fingerprint density at radius 1 is 1.04 bits per heavy atom. The molecule has 0 aliphatic carbocycles. The Balaban J connectivity index is 1.37. The van der Waals surface area contributed by atoms with Gasteiger partial charge in [0.15, 0.2) is 0 Å². The summed E-state index contributed by atoms with van der Waals surface area (Å²) in [5, 5.41) is 12.0. The molecule has 5 nitrogen and oxygen atoms in total. The molecule has 132 valence electrons. The number of hydrogen-bond donors (Lipinski definition) is 1. The molecule has 1 amide bonds. The van der Waals surface area contributed by atoms with Crippen molar-refractivity contribution in [3.05, 3.63) is 59.7 Å². The lowest BCUT2D eigenvalue weighted by Crippen LogP contribution is -2.57. The maximum Gasteiger partial charge on any atom is 0.251 e. The third-order valence-corrected chi connectivity index (χ3v) is 5.31. The summed E-state index contributed by atoms with van der Waals surface area (Å²) < 4.78 is 5.76. The predicted molar refractivity (Wildman–Crippen MR) is 98.1 cm³/mol. The predicted octanol–water partition coefficient (Wildman–Crippen LogP) is 3.17. The zero-order valence-corrected chi connectivity index (χ0v) is 14.5. The highest BCUT2D eigenvalue weighted by Crippen LogP contribution is 2.28. The summed E-state index contributed by atoms with van der Waals surface area (Å²) in [6.45, 7) is 3.30. The minimum Gasteiger partial charge on any atom is -0.457 e. The van der Waals surface area contributed by atoms with E-state index in [9.17, 15) is 4.79 Å². The summed E-state index contributed by atoms with van der Waals surface area (Å²) in [5.74, 6) is 1.92. The first-order chi connectivity index (χ1) is 12.7. The molecule has 0 radical (unpaired) electrons. The van der Waals surface area contributed by atoms with Crippen molar-refractivity contribution in [1.82, 2.24) is 10.2 Å². The highest BCUT2D eigenvalue weighted by atomic mass is 16.5. The van der Waals surface area contributed by atoms with Crippen molar-refractivity contribution in [1.29, 1.82) is 5.26 Å². The molecular formula is C21H21N3O2. The van der Waals surface area contributed by atoms with Gasteiger partial charge in [-0.05, 0) is 80.4 Å². The number of rotatable bonds is 4. The Labute approximate surface area is 153 Å². The Kier molecular flexibility index (Phi) is 4.59. The van der Waals surface area contributed by atoms with Gasteiger partial charge in [0.1, 0.15) is 11.5 Å². The van der Waals surface area contributed by atoms with Crippen molar-refractivity contribution in [3.63, 3.8) is 0 Å². The molecule has 1 atom stereocenters. The van der Waals surface area contributed by atoms with E-state index in [4.69, 9.17) is 10.00 Å². The lowest BCUT2D eigenvalue weighted by Gasteiger charge is -2.44. The number of fused-ring (bicyclic) bond motifs is 3. The average Bonchev–Trinajstić information content (AvgIpc) is 2.70. The van der Waals surface area contributed by atoms with Crippen LogP contribution in [0, 0.1) is 17.2 Å². The molecule has 1 unspecified atom stereocenters. The molecule has 0 aromatic heterocycles. The van der Waals surface area contributed by atoms with E-state index in [0.717, 1.165) is 6.54 Å². The van der Waals surface area contributed by atoms with Crippen LogP contribution < -0.4 is 10.1 Å². The Hall–Kier alpha value is -2.84. The number of nitrogens with one attached hydrogen (secondary N) is 1. The van der Waals surface area contributed by atoms with Crippen LogP contribution >= 0.6 is 0 Å². The van der Waals surface area contributed by atoms with E-state index in [1.54, 1.807) is 48.5 Å². The number of carbonyl (C=O) groups excluding carboxylic acids is 1. The fourth-order valence-corrected chi connectivity index (χ4v) is 3.79. The minimum absolute atomic E-state index is 0.0197.